The van der Waals surface area contributed by atoms with Gasteiger partial charge in [-0.1, -0.05) is 0 Å². The Kier molecular flexibility index (Phi) is 7.00. The summed E-state index contributed by atoms with van der Waals surface area (Å²) >= 11 is 0. The highest BCUT2D eigenvalue weighted by atomic mass is 19.1. The first-order valence-corrected chi connectivity index (χ1v) is 9.43. The van der Waals surface area contributed by atoms with E-state index in [1.165, 1.54) is 19.2 Å². The molecule has 0 atom stereocenters. The van der Waals surface area contributed by atoms with Gasteiger partial charge in [0.05, 0.1) is 26.7 Å². The van der Waals surface area contributed by atoms with E-state index in [1.807, 2.05) is 0 Å². The van der Waals surface area contributed by atoms with Gasteiger partial charge < -0.3 is 18.9 Å². The molecule has 0 N–H and O–H groups in total. The van der Waals surface area contributed by atoms with E-state index in [2.05, 4.69) is 0 Å². The molecule has 0 fully saturated rings. The average molecular weight is 416 g/mol. The van der Waals surface area contributed by atoms with E-state index in [0.29, 0.717) is 30.3 Å². The van der Waals surface area contributed by atoms with Gasteiger partial charge in [-0.3, -0.25) is 14.4 Å². The minimum Gasteiger partial charge on any atom is -0.494 e. The van der Waals surface area contributed by atoms with Crippen molar-refractivity contribution < 1.29 is 37.7 Å². The quantitative estimate of drug-likeness (QED) is 0.481. The first-order valence-electron chi connectivity index (χ1n) is 9.43. The number of ketones is 2. The van der Waals surface area contributed by atoms with Crippen LogP contribution >= 0.6 is 0 Å². The number of ether oxygens (including phenoxy) is 4. The molecule has 3 rings (SSSR count). The Morgan fingerprint density at radius 3 is 2.37 bits per heavy atom. The number of hydrogen-bond acceptors (Lipinski definition) is 7. The van der Waals surface area contributed by atoms with Crippen molar-refractivity contribution in [2.75, 3.05) is 26.9 Å². The normalized spacial score (nSPS) is 12.6. The third-order valence-electron chi connectivity index (χ3n) is 4.46. The monoisotopic (exact) mass is 416 g/mol. The zero-order valence-corrected chi connectivity index (χ0v) is 16.4. The maximum atomic E-state index is 13.7. The molecule has 2 aromatic carbocycles. The smallest absolute Gasteiger partial charge is 0.306 e. The molecule has 0 radical (unpaired) electrons. The first kappa shape index (κ1) is 21.3. The van der Waals surface area contributed by atoms with Gasteiger partial charge in [-0.15, -0.1) is 0 Å². The van der Waals surface area contributed by atoms with Gasteiger partial charge in [0.25, 0.3) is 0 Å². The highest BCUT2D eigenvalue weighted by molar-refractivity contribution is 5.99. The molecule has 2 aromatic rings. The van der Waals surface area contributed by atoms with Gasteiger partial charge in [0, 0.05) is 24.0 Å². The fourth-order valence-electron chi connectivity index (χ4n) is 2.84. The maximum absolute atomic E-state index is 13.7. The van der Waals surface area contributed by atoms with Crippen molar-refractivity contribution in [3.8, 4) is 17.2 Å². The molecular weight excluding hydrogens is 395 g/mol. The van der Waals surface area contributed by atoms with Gasteiger partial charge in [-0.05, 0) is 36.4 Å². The third kappa shape index (κ3) is 5.34. The number of Topliss-reactive ketones (excluding diaryl/α,β-unsaturated/α-hetero) is 2. The number of rotatable bonds is 8. The summed E-state index contributed by atoms with van der Waals surface area (Å²) in [5.41, 5.74) is 0.459. The van der Waals surface area contributed by atoms with Gasteiger partial charge >= 0.3 is 5.97 Å². The highest BCUT2D eigenvalue weighted by Crippen LogP contribution is 2.30. The van der Waals surface area contributed by atoms with Gasteiger partial charge in [0.2, 0.25) is 0 Å². The molecule has 1 aliphatic rings. The number of methoxy groups -OCH3 is 1. The van der Waals surface area contributed by atoms with Crippen molar-refractivity contribution in [1.29, 1.82) is 0 Å². The molecule has 30 heavy (non-hydrogen) atoms. The zero-order valence-electron chi connectivity index (χ0n) is 16.4. The van der Waals surface area contributed by atoms with E-state index in [-0.39, 0.29) is 29.9 Å². The van der Waals surface area contributed by atoms with Crippen molar-refractivity contribution in [3.05, 3.63) is 53.3 Å². The van der Waals surface area contributed by atoms with Crippen molar-refractivity contribution in [2.24, 2.45) is 0 Å². The number of carbonyl (C=O) groups excluding carboxylic acids is 3. The summed E-state index contributed by atoms with van der Waals surface area (Å²) in [7, 11) is 1.31. The van der Waals surface area contributed by atoms with E-state index >= 15 is 0 Å². The van der Waals surface area contributed by atoms with Crippen LogP contribution in [0.15, 0.2) is 36.4 Å². The number of halogens is 1. The van der Waals surface area contributed by atoms with Gasteiger partial charge in [0.1, 0.15) is 0 Å². The van der Waals surface area contributed by atoms with Crippen LogP contribution in [0.3, 0.4) is 0 Å². The van der Waals surface area contributed by atoms with Gasteiger partial charge in [-0.25, -0.2) is 4.39 Å². The molecular formula is C22H21FO7. The fraction of sp³-hybridized carbons (Fsp3) is 0.318. The Morgan fingerprint density at radius 2 is 1.63 bits per heavy atom. The lowest BCUT2D eigenvalue weighted by atomic mass is 10.1. The lowest BCUT2D eigenvalue weighted by Gasteiger charge is -2.09. The van der Waals surface area contributed by atoms with Crippen LogP contribution < -0.4 is 14.2 Å². The Bertz CT molecular complexity index is 954. The number of benzene rings is 2. The Hall–Kier alpha value is -3.42. The Balaban J connectivity index is 1.48. The summed E-state index contributed by atoms with van der Waals surface area (Å²) in [5.74, 6) is -1.10. The summed E-state index contributed by atoms with van der Waals surface area (Å²) in [6.07, 6.45) is 0.493. The minimum absolute atomic E-state index is 0.0109. The molecule has 158 valence electrons. The van der Waals surface area contributed by atoms with E-state index in [9.17, 15) is 18.8 Å². The van der Waals surface area contributed by atoms with Crippen LogP contribution in [0.4, 0.5) is 4.39 Å². The SMILES string of the molecule is COc1ccc(C(=O)COC(=O)CCC(=O)c2ccc3c(c2)OCCCO3)cc1F. The average Bonchev–Trinajstić information content (AvgIpc) is 3.00. The van der Waals surface area contributed by atoms with Crippen molar-refractivity contribution >= 4 is 17.5 Å². The van der Waals surface area contributed by atoms with Crippen LogP contribution in [-0.4, -0.2) is 44.5 Å². The van der Waals surface area contributed by atoms with Crippen LogP contribution in [0.5, 0.6) is 17.2 Å². The van der Waals surface area contributed by atoms with E-state index < -0.39 is 24.2 Å². The van der Waals surface area contributed by atoms with Crippen LogP contribution in [0.25, 0.3) is 0 Å². The van der Waals surface area contributed by atoms with Crippen molar-refractivity contribution in [2.45, 2.75) is 19.3 Å². The Morgan fingerprint density at radius 1 is 0.933 bits per heavy atom. The minimum atomic E-state index is -0.694. The van der Waals surface area contributed by atoms with Crippen LogP contribution in [0.2, 0.25) is 0 Å². The number of fused-ring (bicyclic) bond motifs is 1. The van der Waals surface area contributed by atoms with Crippen LogP contribution in [-0.2, 0) is 9.53 Å². The predicted molar refractivity (Wildman–Crippen MR) is 104 cm³/mol. The molecule has 0 spiro atoms. The molecule has 0 amide bonds. The van der Waals surface area contributed by atoms with Crippen LogP contribution in [0.1, 0.15) is 40.0 Å². The molecule has 0 saturated carbocycles. The maximum Gasteiger partial charge on any atom is 0.306 e. The zero-order chi connectivity index (χ0) is 21.5. The Labute approximate surface area is 172 Å². The summed E-state index contributed by atoms with van der Waals surface area (Å²) in [6.45, 7) is 0.514. The van der Waals surface area contributed by atoms with E-state index in [0.717, 1.165) is 12.5 Å². The second kappa shape index (κ2) is 9.87. The summed E-state index contributed by atoms with van der Waals surface area (Å²) in [5, 5.41) is 0. The van der Waals surface area contributed by atoms with Gasteiger partial charge in [-0.2, -0.15) is 0 Å². The molecule has 0 bridgehead atoms. The molecule has 1 heterocycles. The van der Waals surface area contributed by atoms with Crippen molar-refractivity contribution in [1.82, 2.24) is 0 Å². The molecule has 0 saturated heterocycles. The second-order valence-electron chi connectivity index (χ2n) is 6.57. The summed E-state index contributed by atoms with van der Waals surface area (Å²) < 4.78 is 34.4. The second-order valence-corrected chi connectivity index (χ2v) is 6.57. The first-order chi connectivity index (χ1) is 14.5. The highest BCUT2D eigenvalue weighted by Gasteiger charge is 2.17. The number of hydrogen-bond donors (Lipinski definition) is 0. The summed E-state index contributed by atoms with van der Waals surface area (Å²) in [4.78, 5) is 36.3. The number of carbonyl (C=O) groups is 3. The molecule has 0 aliphatic carbocycles. The topological polar surface area (TPSA) is 88.1 Å². The molecule has 1 aliphatic heterocycles. The standard InChI is InChI=1S/C22H21FO7/c1-27-19-6-3-14(11-16(19)23)18(25)13-30-22(26)8-5-17(24)15-4-7-20-21(12-15)29-10-2-9-28-20/h3-4,6-7,11-12H,2,5,8-10,13H2,1H3. The largest absolute Gasteiger partial charge is 0.494 e. The van der Waals surface area contributed by atoms with E-state index in [1.54, 1.807) is 18.2 Å². The molecule has 0 unspecified atom stereocenters. The molecule has 8 heteroatoms. The fourth-order valence-corrected chi connectivity index (χ4v) is 2.84. The third-order valence-corrected chi connectivity index (χ3v) is 4.46. The predicted octanol–water partition coefficient (Wildman–Crippen LogP) is 3.38. The molecule has 7 nitrogen and oxygen atoms in total. The van der Waals surface area contributed by atoms with Crippen molar-refractivity contribution in [3.63, 3.8) is 0 Å². The van der Waals surface area contributed by atoms with Crippen LogP contribution in [0, 0.1) is 5.82 Å². The number of esters is 1. The summed E-state index contributed by atoms with van der Waals surface area (Å²) in [6, 6.07) is 8.59. The lowest BCUT2D eigenvalue weighted by Crippen LogP contribution is -2.15. The lowest BCUT2D eigenvalue weighted by molar-refractivity contribution is -0.142. The molecule has 0 aromatic heterocycles. The van der Waals surface area contributed by atoms with E-state index in [4.69, 9.17) is 18.9 Å². The van der Waals surface area contributed by atoms with Gasteiger partial charge in [0.15, 0.2) is 41.2 Å².